The van der Waals surface area contributed by atoms with E-state index in [1.54, 1.807) is 0 Å². The highest BCUT2D eigenvalue weighted by Gasteiger charge is 2.30. The van der Waals surface area contributed by atoms with Gasteiger partial charge in [-0.1, -0.05) is 23.7 Å². The van der Waals surface area contributed by atoms with Crippen molar-refractivity contribution in [2.24, 2.45) is 4.99 Å². The number of likely N-dealkylation sites (tertiary alicyclic amines) is 1. The molecule has 0 saturated carbocycles. The number of hydrogen-bond acceptors (Lipinski definition) is 3. The second-order valence-electron chi connectivity index (χ2n) is 7.00. The van der Waals surface area contributed by atoms with E-state index in [-0.39, 0.29) is 0 Å². The third kappa shape index (κ3) is 5.60. The standard InChI is InChI=1S/C20H31ClN4O/c1-2-22-20(23-10-3-4-17-5-7-18(21)8-6-17)25-11-9-19(16-25)24-12-14-26-15-13-24/h5-8,19H,2-4,9-16H2,1H3,(H,22,23). The Labute approximate surface area is 162 Å². The highest BCUT2D eigenvalue weighted by Crippen LogP contribution is 2.17. The molecule has 26 heavy (non-hydrogen) atoms. The van der Waals surface area contributed by atoms with Crippen molar-refractivity contribution in [3.05, 3.63) is 34.9 Å². The molecule has 0 radical (unpaired) electrons. The Morgan fingerprint density at radius 1 is 1.23 bits per heavy atom. The van der Waals surface area contributed by atoms with Crippen LogP contribution in [0.3, 0.4) is 0 Å². The van der Waals surface area contributed by atoms with Gasteiger partial charge < -0.3 is 15.0 Å². The lowest BCUT2D eigenvalue weighted by Crippen LogP contribution is -2.46. The Bertz CT molecular complexity index is 572. The van der Waals surface area contributed by atoms with Crippen molar-refractivity contribution in [1.29, 1.82) is 0 Å². The summed E-state index contributed by atoms with van der Waals surface area (Å²) in [6.07, 6.45) is 3.31. The van der Waals surface area contributed by atoms with E-state index in [1.807, 2.05) is 12.1 Å². The lowest BCUT2D eigenvalue weighted by molar-refractivity contribution is 0.0195. The van der Waals surface area contributed by atoms with E-state index in [0.29, 0.717) is 6.04 Å². The Morgan fingerprint density at radius 2 is 2.00 bits per heavy atom. The molecule has 0 bridgehead atoms. The molecule has 2 saturated heterocycles. The maximum atomic E-state index is 5.94. The van der Waals surface area contributed by atoms with Crippen molar-refractivity contribution in [3.8, 4) is 0 Å². The molecular weight excluding hydrogens is 348 g/mol. The van der Waals surface area contributed by atoms with Crippen molar-refractivity contribution in [1.82, 2.24) is 15.1 Å². The number of ether oxygens (including phenoxy) is 1. The number of rotatable bonds is 6. The molecule has 1 aromatic rings. The van der Waals surface area contributed by atoms with Gasteiger partial charge in [0.1, 0.15) is 0 Å². The van der Waals surface area contributed by atoms with E-state index in [4.69, 9.17) is 21.3 Å². The topological polar surface area (TPSA) is 40.1 Å². The molecule has 2 aliphatic rings. The van der Waals surface area contributed by atoms with Crippen LogP contribution in [0.5, 0.6) is 0 Å². The van der Waals surface area contributed by atoms with Gasteiger partial charge in [0.25, 0.3) is 0 Å². The largest absolute Gasteiger partial charge is 0.379 e. The van der Waals surface area contributed by atoms with Crippen molar-refractivity contribution in [2.45, 2.75) is 32.2 Å². The highest BCUT2D eigenvalue weighted by molar-refractivity contribution is 6.30. The number of halogens is 1. The molecule has 1 aromatic carbocycles. The van der Waals surface area contributed by atoms with E-state index >= 15 is 0 Å². The Morgan fingerprint density at radius 3 is 2.73 bits per heavy atom. The fourth-order valence-electron chi connectivity index (χ4n) is 3.72. The Hall–Kier alpha value is -1.30. The molecular formula is C20H31ClN4O. The second-order valence-corrected chi connectivity index (χ2v) is 7.44. The average molecular weight is 379 g/mol. The van der Waals surface area contributed by atoms with Gasteiger partial charge in [0, 0.05) is 50.3 Å². The first-order chi connectivity index (χ1) is 12.8. The van der Waals surface area contributed by atoms with Crippen LogP contribution >= 0.6 is 11.6 Å². The zero-order chi connectivity index (χ0) is 18.2. The minimum Gasteiger partial charge on any atom is -0.379 e. The van der Waals surface area contributed by atoms with Crippen LogP contribution in [0.4, 0.5) is 0 Å². The number of aliphatic imine (C=N–C) groups is 1. The SMILES string of the molecule is CCNC(=NCCCc1ccc(Cl)cc1)N1CCC(N2CCOCC2)C1. The molecule has 0 amide bonds. The second kappa shape index (κ2) is 10.1. The molecule has 144 valence electrons. The van der Waals surface area contributed by atoms with Crippen LogP contribution in [0.1, 0.15) is 25.3 Å². The summed E-state index contributed by atoms with van der Waals surface area (Å²) in [6, 6.07) is 8.76. The van der Waals surface area contributed by atoms with E-state index in [1.165, 1.54) is 12.0 Å². The number of hydrogen-bond donors (Lipinski definition) is 1. The third-order valence-electron chi connectivity index (χ3n) is 5.16. The minimum absolute atomic E-state index is 0.636. The maximum Gasteiger partial charge on any atom is 0.193 e. The average Bonchev–Trinajstić information content (AvgIpc) is 3.16. The monoisotopic (exact) mass is 378 g/mol. The summed E-state index contributed by atoms with van der Waals surface area (Å²) >= 11 is 5.94. The Balaban J connectivity index is 1.48. The van der Waals surface area contributed by atoms with Gasteiger partial charge in [-0.15, -0.1) is 0 Å². The number of aryl methyl sites for hydroxylation is 1. The molecule has 2 heterocycles. The van der Waals surface area contributed by atoms with Gasteiger partial charge in [0.05, 0.1) is 13.2 Å². The fraction of sp³-hybridized carbons (Fsp3) is 0.650. The predicted octanol–water partition coefficient (Wildman–Crippen LogP) is 2.64. The highest BCUT2D eigenvalue weighted by atomic mass is 35.5. The van der Waals surface area contributed by atoms with Crippen molar-refractivity contribution in [2.75, 3.05) is 52.5 Å². The molecule has 0 aliphatic carbocycles. The summed E-state index contributed by atoms with van der Waals surface area (Å²) in [4.78, 5) is 9.87. The van der Waals surface area contributed by atoms with Gasteiger partial charge in [-0.05, 0) is 43.9 Å². The van der Waals surface area contributed by atoms with E-state index in [2.05, 4.69) is 34.2 Å². The number of guanidine groups is 1. The van der Waals surface area contributed by atoms with Crippen molar-refractivity contribution in [3.63, 3.8) is 0 Å². The molecule has 0 spiro atoms. The summed E-state index contributed by atoms with van der Waals surface area (Å²) < 4.78 is 5.48. The van der Waals surface area contributed by atoms with Gasteiger partial charge in [-0.25, -0.2) is 0 Å². The van der Waals surface area contributed by atoms with Crippen molar-refractivity contribution < 1.29 is 4.74 Å². The Kier molecular flexibility index (Phi) is 7.59. The molecule has 0 aromatic heterocycles. The minimum atomic E-state index is 0.636. The van der Waals surface area contributed by atoms with Crippen LogP contribution in [0.25, 0.3) is 0 Å². The van der Waals surface area contributed by atoms with E-state index in [0.717, 1.165) is 76.3 Å². The first-order valence-corrected chi connectivity index (χ1v) is 10.2. The predicted molar refractivity (Wildman–Crippen MR) is 108 cm³/mol. The molecule has 5 nitrogen and oxygen atoms in total. The smallest absolute Gasteiger partial charge is 0.193 e. The summed E-state index contributed by atoms with van der Waals surface area (Å²) in [6.45, 7) is 9.93. The lowest BCUT2D eigenvalue weighted by atomic mass is 10.1. The van der Waals surface area contributed by atoms with Gasteiger partial charge in [-0.2, -0.15) is 0 Å². The fourth-order valence-corrected chi connectivity index (χ4v) is 3.85. The first kappa shape index (κ1) is 19.5. The zero-order valence-corrected chi connectivity index (χ0v) is 16.5. The molecule has 1 atom stereocenters. The molecule has 1 N–H and O–H groups in total. The molecule has 2 fully saturated rings. The molecule has 1 unspecified atom stereocenters. The first-order valence-electron chi connectivity index (χ1n) is 9.85. The van der Waals surface area contributed by atoms with Crippen LogP contribution < -0.4 is 5.32 Å². The van der Waals surface area contributed by atoms with E-state index in [9.17, 15) is 0 Å². The molecule has 3 rings (SSSR count). The normalized spacial score (nSPS) is 22.0. The van der Waals surface area contributed by atoms with Crippen molar-refractivity contribution >= 4 is 17.6 Å². The van der Waals surface area contributed by atoms with Crippen LogP contribution in [0, 0.1) is 0 Å². The van der Waals surface area contributed by atoms with Gasteiger partial charge >= 0.3 is 0 Å². The van der Waals surface area contributed by atoms with E-state index < -0.39 is 0 Å². The summed E-state index contributed by atoms with van der Waals surface area (Å²) in [7, 11) is 0. The number of nitrogens with zero attached hydrogens (tertiary/aromatic N) is 3. The summed E-state index contributed by atoms with van der Waals surface area (Å²) in [5, 5.41) is 4.27. The van der Waals surface area contributed by atoms with Gasteiger partial charge in [0.2, 0.25) is 0 Å². The quantitative estimate of drug-likeness (QED) is 0.469. The maximum absolute atomic E-state index is 5.94. The summed E-state index contributed by atoms with van der Waals surface area (Å²) in [5.41, 5.74) is 1.32. The summed E-state index contributed by atoms with van der Waals surface area (Å²) in [5.74, 6) is 1.07. The van der Waals surface area contributed by atoms with Crippen LogP contribution in [0.2, 0.25) is 5.02 Å². The van der Waals surface area contributed by atoms with Gasteiger partial charge in [-0.3, -0.25) is 9.89 Å². The molecule has 2 aliphatic heterocycles. The van der Waals surface area contributed by atoms with Gasteiger partial charge in [0.15, 0.2) is 5.96 Å². The number of morpholine rings is 1. The zero-order valence-electron chi connectivity index (χ0n) is 15.8. The van der Waals surface area contributed by atoms with Crippen LogP contribution in [0.15, 0.2) is 29.3 Å². The van der Waals surface area contributed by atoms with Crippen LogP contribution in [-0.2, 0) is 11.2 Å². The number of nitrogens with one attached hydrogen (secondary N) is 1. The van der Waals surface area contributed by atoms with Crippen LogP contribution in [-0.4, -0.2) is 74.3 Å². The lowest BCUT2D eigenvalue weighted by Gasteiger charge is -2.32. The number of benzene rings is 1. The molecule has 6 heteroatoms. The third-order valence-corrected chi connectivity index (χ3v) is 5.41.